The van der Waals surface area contributed by atoms with Crippen LogP contribution in [0.2, 0.25) is 0 Å². The van der Waals surface area contributed by atoms with Crippen molar-refractivity contribution in [3.63, 3.8) is 0 Å². The van der Waals surface area contributed by atoms with Crippen molar-refractivity contribution < 1.29 is 9.59 Å². The van der Waals surface area contributed by atoms with Crippen molar-refractivity contribution in [2.45, 2.75) is 47.1 Å². The monoisotopic (exact) mass is 381 g/mol. The largest absolute Gasteiger partial charge is 0.372 e. The van der Waals surface area contributed by atoms with Crippen LogP contribution in [-0.4, -0.2) is 30.9 Å². The maximum atomic E-state index is 12.6. The Labute approximate surface area is 168 Å². The number of nitrogens with one attached hydrogen (secondary N) is 2. The number of amides is 2. The van der Waals surface area contributed by atoms with E-state index in [9.17, 15) is 9.59 Å². The minimum atomic E-state index is -0.187. The summed E-state index contributed by atoms with van der Waals surface area (Å²) in [4.78, 5) is 27.0. The SMILES string of the molecule is CCC(C)NC(=O)c1ccc(C(=O)Nc2ccc(N(CC)CC)cc2C)cc1. The number of nitrogens with zero attached hydrogens (tertiary/aromatic N) is 1. The average Bonchev–Trinajstić information content (AvgIpc) is 2.70. The topological polar surface area (TPSA) is 61.4 Å². The predicted octanol–water partition coefficient (Wildman–Crippen LogP) is 4.62. The summed E-state index contributed by atoms with van der Waals surface area (Å²) in [5, 5.41) is 5.88. The smallest absolute Gasteiger partial charge is 0.255 e. The zero-order valence-corrected chi connectivity index (χ0v) is 17.5. The normalized spacial score (nSPS) is 11.6. The Balaban J connectivity index is 2.07. The first-order valence-electron chi connectivity index (χ1n) is 9.97. The summed E-state index contributed by atoms with van der Waals surface area (Å²) < 4.78 is 0. The van der Waals surface area contributed by atoms with E-state index in [0.717, 1.165) is 36.4 Å². The maximum Gasteiger partial charge on any atom is 0.255 e. The maximum absolute atomic E-state index is 12.6. The fourth-order valence-corrected chi connectivity index (χ4v) is 2.95. The van der Waals surface area contributed by atoms with Crippen molar-refractivity contribution >= 4 is 23.2 Å². The molecule has 2 aromatic carbocycles. The van der Waals surface area contributed by atoms with E-state index >= 15 is 0 Å². The van der Waals surface area contributed by atoms with Crippen LogP contribution in [0.3, 0.4) is 0 Å². The van der Waals surface area contributed by atoms with Gasteiger partial charge in [0.25, 0.3) is 11.8 Å². The number of carbonyl (C=O) groups is 2. The molecule has 2 amide bonds. The average molecular weight is 382 g/mol. The Morgan fingerprint density at radius 1 is 0.929 bits per heavy atom. The second-order valence-corrected chi connectivity index (χ2v) is 6.99. The highest BCUT2D eigenvalue weighted by Crippen LogP contribution is 2.23. The summed E-state index contributed by atoms with van der Waals surface area (Å²) in [6, 6.07) is 12.9. The van der Waals surface area contributed by atoms with E-state index in [0.29, 0.717) is 11.1 Å². The van der Waals surface area contributed by atoms with E-state index in [1.165, 1.54) is 0 Å². The quantitative estimate of drug-likeness (QED) is 0.701. The van der Waals surface area contributed by atoms with Crippen molar-refractivity contribution in [2.24, 2.45) is 0 Å². The molecule has 28 heavy (non-hydrogen) atoms. The summed E-state index contributed by atoms with van der Waals surface area (Å²) in [6.07, 6.45) is 0.874. The van der Waals surface area contributed by atoms with Gasteiger partial charge in [-0.1, -0.05) is 6.92 Å². The molecule has 0 saturated carbocycles. The van der Waals surface area contributed by atoms with Crippen LogP contribution in [-0.2, 0) is 0 Å². The standard InChI is InChI=1S/C23H31N3O2/c1-6-17(5)24-22(27)18-9-11-19(12-10-18)23(28)25-21-14-13-20(15-16(21)4)26(7-2)8-3/h9-15,17H,6-8H2,1-5H3,(H,24,27)(H,25,28). The van der Waals surface area contributed by atoms with Crippen LogP contribution in [0.15, 0.2) is 42.5 Å². The van der Waals surface area contributed by atoms with Crippen LogP contribution in [0, 0.1) is 6.92 Å². The number of carbonyl (C=O) groups excluding carboxylic acids is 2. The molecule has 1 atom stereocenters. The first-order chi connectivity index (χ1) is 13.4. The Morgan fingerprint density at radius 2 is 1.50 bits per heavy atom. The van der Waals surface area contributed by atoms with Gasteiger partial charge >= 0.3 is 0 Å². The summed E-state index contributed by atoms with van der Waals surface area (Å²) in [6.45, 7) is 12.1. The van der Waals surface area contributed by atoms with Gasteiger partial charge in [0.05, 0.1) is 0 Å². The number of hydrogen-bond donors (Lipinski definition) is 2. The van der Waals surface area contributed by atoms with E-state index < -0.39 is 0 Å². The highest BCUT2D eigenvalue weighted by atomic mass is 16.2. The minimum Gasteiger partial charge on any atom is -0.372 e. The second-order valence-electron chi connectivity index (χ2n) is 6.99. The van der Waals surface area contributed by atoms with Crippen LogP contribution in [0.1, 0.15) is 60.4 Å². The molecule has 0 spiro atoms. The van der Waals surface area contributed by atoms with E-state index in [2.05, 4.69) is 35.4 Å². The molecule has 0 heterocycles. The van der Waals surface area contributed by atoms with Gasteiger partial charge in [0.2, 0.25) is 0 Å². The molecule has 2 rings (SSSR count). The molecule has 5 nitrogen and oxygen atoms in total. The molecule has 1 unspecified atom stereocenters. The van der Waals surface area contributed by atoms with Gasteiger partial charge in [-0.25, -0.2) is 0 Å². The minimum absolute atomic E-state index is 0.121. The van der Waals surface area contributed by atoms with Gasteiger partial charge in [-0.2, -0.15) is 0 Å². The molecule has 0 aliphatic rings. The van der Waals surface area contributed by atoms with E-state index in [-0.39, 0.29) is 17.9 Å². The summed E-state index contributed by atoms with van der Waals surface area (Å²) in [7, 11) is 0. The lowest BCUT2D eigenvalue weighted by Gasteiger charge is -2.22. The molecule has 0 aromatic heterocycles. The van der Waals surface area contributed by atoms with E-state index in [1.54, 1.807) is 24.3 Å². The summed E-state index contributed by atoms with van der Waals surface area (Å²) >= 11 is 0. The molecule has 0 fully saturated rings. The molecular weight excluding hydrogens is 350 g/mol. The first kappa shape index (κ1) is 21.5. The molecule has 5 heteroatoms. The Morgan fingerprint density at radius 3 is 2.00 bits per heavy atom. The van der Waals surface area contributed by atoms with Gasteiger partial charge in [-0.05, 0) is 82.1 Å². The van der Waals surface area contributed by atoms with E-state index in [4.69, 9.17) is 0 Å². The summed E-state index contributed by atoms with van der Waals surface area (Å²) in [5.74, 6) is -0.309. The first-order valence-corrected chi connectivity index (χ1v) is 9.97. The molecule has 0 radical (unpaired) electrons. The van der Waals surface area contributed by atoms with Crippen LogP contribution in [0.25, 0.3) is 0 Å². The van der Waals surface area contributed by atoms with Crippen molar-refractivity contribution in [3.8, 4) is 0 Å². The zero-order chi connectivity index (χ0) is 20.7. The molecular formula is C23H31N3O2. The highest BCUT2D eigenvalue weighted by molar-refractivity contribution is 6.05. The van der Waals surface area contributed by atoms with Crippen LogP contribution < -0.4 is 15.5 Å². The lowest BCUT2D eigenvalue weighted by atomic mass is 10.1. The van der Waals surface area contributed by atoms with Gasteiger partial charge < -0.3 is 15.5 Å². The summed E-state index contributed by atoms with van der Waals surface area (Å²) in [5.41, 5.74) is 4.03. The van der Waals surface area contributed by atoms with Gasteiger partial charge in [0.1, 0.15) is 0 Å². The number of anilines is 2. The van der Waals surface area contributed by atoms with Crippen LogP contribution >= 0.6 is 0 Å². The lowest BCUT2D eigenvalue weighted by Crippen LogP contribution is -2.31. The third-order valence-corrected chi connectivity index (χ3v) is 4.99. The molecule has 150 valence electrons. The molecule has 0 aliphatic heterocycles. The Hall–Kier alpha value is -2.82. The fourth-order valence-electron chi connectivity index (χ4n) is 2.95. The molecule has 0 saturated heterocycles. The highest BCUT2D eigenvalue weighted by Gasteiger charge is 2.12. The fraction of sp³-hybridized carbons (Fsp3) is 0.391. The second kappa shape index (κ2) is 9.93. The van der Waals surface area contributed by atoms with Gasteiger partial charge in [-0.15, -0.1) is 0 Å². The van der Waals surface area contributed by atoms with Crippen molar-refractivity contribution in [2.75, 3.05) is 23.3 Å². The third kappa shape index (κ3) is 5.35. The van der Waals surface area contributed by atoms with Gasteiger partial charge in [0.15, 0.2) is 0 Å². The van der Waals surface area contributed by atoms with E-state index in [1.807, 2.05) is 32.9 Å². The van der Waals surface area contributed by atoms with Crippen molar-refractivity contribution in [1.29, 1.82) is 0 Å². The molecule has 2 N–H and O–H groups in total. The van der Waals surface area contributed by atoms with Crippen LogP contribution in [0.4, 0.5) is 11.4 Å². The van der Waals surface area contributed by atoms with Crippen molar-refractivity contribution in [1.82, 2.24) is 5.32 Å². The van der Waals surface area contributed by atoms with Gasteiger partial charge in [0, 0.05) is 41.6 Å². The number of rotatable bonds is 8. The molecule has 0 aliphatic carbocycles. The number of benzene rings is 2. The van der Waals surface area contributed by atoms with Crippen LogP contribution in [0.5, 0.6) is 0 Å². The molecule has 0 bridgehead atoms. The van der Waals surface area contributed by atoms with Crippen molar-refractivity contribution in [3.05, 3.63) is 59.2 Å². The third-order valence-electron chi connectivity index (χ3n) is 4.99. The molecule has 2 aromatic rings. The Kier molecular flexibility index (Phi) is 7.61. The number of aryl methyl sites for hydroxylation is 1. The van der Waals surface area contributed by atoms with Gasteiger partial charge in [-0.3, -0.25) is 9.59 Å². The Bertz CT molecular complexity index is 811. The zero-order valence-electron chi connectivity index (χ0n) is 17.5. The predicted molar refractivity (Wildman–Crippen MR) is 116 cm³/mol. The number of hydrogen-bond acceptors (Lipinski definition) is 3. The lowest BCUT2D eigenvalue weighted by molar-refractivity contribution is 0.0937.